The lowest BCUT2D eigenvalue weighted by atomic mass is 9.90. The second-order valence-corrected chi connectivity index (χ2v) is 6.33. The van der Waals surface area contributed by atoms with Crippen LogP contribution in [0.4, 0.5) is 18.9 Å². The normalized spacial score (nSPS) is 23.3. The summed E-state index contributed by atoms with van der Waals surface area (Å²) < 4.78 is 38.9. The Labute approximate surface area is 137 Å². The van der Waals surface area contributed by atoms with Crippen LogP contribution < -0.4 is 5.32 Å². The van der Waals surface area contributed by atoms with E-state index in [1.54, 1.807) is 6.92 Å². The first kappa shape index (κ1) is 17.9. The van der Waals surface area contributed by atoms with Crippen molar-refractivity contribution in [1.82, 2.24) is 0 Å². The molecule has 0 saturated heterocycles. The van der Waals surface area contributed by atoms with Crippen LogP contribution in [0.15, 0.2) is 28.4 Å². The molecule has 1 aliphatic heterocycles. The van der Waals surface area contributed by atoms with Crippen LogP contribution in [0, 0.1) is 17.2 Å². The molecule has 0 fully saturated rings. The van der Waals surface area contributed by atoms with Crippen LogP contribution in [0.5, 0.6) is 0 Å². The van der Waals surface area contributed by atoms with Crippen LogP contribution in [0.3, 0.4) is 0 Å². The van der Waals surface area contributed by atoms with E-state index in [2.05, 4.69) is 15.5 Å². The molecule has 1 heterocycles. The second-order valence-electron chi connectivity index (χ2n) is 6.33. The van der Waals surface area contributed by atoms with E-state index in [0.29, 0.717) is 6.42 Å². The van der Waals surface area contributed by atoms with Gasteiger partial charge in [-0.05, 0) is 31.0 Å². The van der Waals surface area contributed by atoms with Gasteiger partial charge in [0, 0.05) is 12.1 Å². The highest BCUT2D eigenvalue weighted by Gasteiger charge is 2.42. The van der Waals surface area contributed by atoms with Gasteiger partial charge < -0.3 is 5.32 Å². The minimum absolute atomic E-state index is 0.0317. The number of azo groups is 1. The topological polar surface area (TPSA) is 77.6 Å². The molecule has 1 amide bonds. The van der Waals surface area contributed by atoms with Gasteiger partial charge in [0.2, 0.25) is 0 Å². The average Bonchev–Trinajstić information content (AvgIpc) is 2.90. The summed E-state index contributed by atoms with van der Waals surface area (Å²) in [5, 5.41) is 19.3. The Kier molecular flexibility index (Phi) is 4.65. The van der Waals surface area contributed by atoms with Gasteiger partial charge in [0.05, 0.1) is 23.2 Å². The van der Waals surface area contributed by atoms with Gasteiger partial charge in [0.1, 0.15) is 0 Å². The molecule has 8 heteroatoms. The monoisotopic (exact) mass is 338 g/mol. The standard InChI is InChI=1S/C16H17F3N4O/c1-9(2)13-7-15(3,23-22-13)14(24)21-11-5-4-10(8-20)12(6-11)16(17,18)19/h4-6,9,13H,7H2,1-3H3,(H,21,24). The van der Waals surface area contributed by atoms with E-state index in [-0.39, 0.29) is 17.6 Å². The Bertz CT molecular complexity index is 721. The number of benzene rings is 1. The minimum atomic E-state index is -4.68. The van der Waals surface area contributed by atoms with E-state index in [1.807, 2.05) is 13.8 Å². The molecule has 1 aliphatic rings. The Hall–Kier alpha value is -2.43. The fourth-order valence-electron chi connectivity index (χ4n) is 2.42. The maximum absolute atomic E-state index is 13.0. The van der Waals surface area contributed by atoms with Gasteiger partial charge in [-0.2, -0.15) is 28.7 Å². The van der Waals surface area contributed by atoms with Crippen LogP contribution in [0.1, 0.15) is 38.3 Å². The quantitative estimate of drug-likeness (QED) is 0.898. The van der Waals surface area contributed by atoms with Gasteiger partial charge in [-0.15, -0.1) is 0 Å². The van der Waals surface area contributed by atoms with Crippen molar-refractivity contribution >= 4 is 11.6 Å². The van der Waals surface area contributed by atoms with Crippen molar-refractivity contribution in [3.63, 3.8) is 0 Å². The molecule has 2 atom stereocenters. The summed E-state index contributed by atoms with van der Waals surface area (Å²) in [7, 11) is 0. The first-order chi connectivity index (χ1) is 11.1. The van der Waals surface area contributed by atoms with E-state index in [9.17, 15) is 18.0 Å². The number of hydrogen-bond acceptors (Lipinski definition) is 4. The number of anilines is 1. The van der Waals surface area contributed by atoms with E-state index < -0.39 is 28.7 Å². The Morgan fingerprint density at radius 2 is 2.12 bits per heavy atom. The van der Waals surface area contributed by atoms with Crippen molar-refractivity contribution in [2.24, 2.45) is 16.1 Å². The van der Waals surface area contributed by atoms with Crippen molar-refractivity contribution in [2.45, 2.75) is 44.9 Å². The lowest BCUT2D eigenvalue weighted by Crippen LogP contribution is -2.38. The number of nitrogens with one attached hydrogen (secondary N) is 1. The summed E-state index contributed by atoms with van der Waals surface area (Å²) in [6.07, 6.45) is -4.27. The van der Waals surface area contributed by atoms with Crippen molar-refractivity contribution in [3.8, 4) is 6.07 Å². The SMILES string of the molecule is CC(C)C1CC(C)(C(=O)Nc2ccc(C#N)c(C(F)(F)F)c2)N=N1. The van der Waals surface area contributed by atoms with E-state index in [4.69, 9.17) is 5.26 Å². The lowest BCUT2D eigenvalue weighted by molar-refractivity contribution is -0.137. The number of amides is 1. The highest BCUT2D eigenvalue weighted by Crippen LogP contribution is 2.35. The van der Waals surface area contributed by atoms with E-state index >= 15 is 0 Å². The molecular formula is C16H17F3N4O. The summed E-state index contributed by atoms with van der Waals surface area (Å²) in [4.78, 5) is 12.4. The molecule has 128 valence electrons. The molecule has 0 spiro atoms. The Morgan fingerprint density at radius 3 is 2.62 bits per heavy atom. The van der Waals surface area contributed by atoms with Crippen molar-refractivity contribution in [2.75, 3.05) is 5.32 Å². The third kappa shape index (κ3) is 3.55. The third-order valence-electron chi connectivity index (χ3n) is 4.00. The number of alkyl halides is 3. The van der Waals surface area contributed by atoms with Crippen molar-refractivity contribution in [3.05, 3.63) is 29.3 Å². The largest absolute Gasteiger partial charge is 0.417 e. The zero-order valence-electron chi connectivity index (χ0n) is 13.5. The lowest BCUT2D eigenvalue weighted by Gasteiger charge is -2.21. The Morgan fingerprint density at radius 1 is 1.46 bits per heavy atom. The van der Waals surface area contributed by atoms with E-state index in [1.165, 1.54) is 12.1 Å². The predicted octanol–water partition coefficient (Wildman–Crippen LogP) is 4.15. The van der Waals surface area contributed by atoms with E-state index in [0.717, 1.165) is 12.1 Å². The molecule has 2 unspecified atom stereocenters. The summed E-state index contributed by atoms with van der Waals surface area (Å²) in [6.45, 7) is 5.52. The molecule has 1 N–H and O–H groups in total. The number of nitrogens with zero attached hydrogens (tertiary/aromatic N) is 3. The molecule has 0 radical (unpaired) electrons. The van der Waals surface area contributed by atoms with Gasteiger partial charge >= 0.3 is 6.18 Å². The van der Waals surface area contributed by atoms with Crippen molar-refractivity contribution < 1.29 is 18.0 Å². The maximum Gasteiger partial charge on any atom is 0.417 e. The number of halogens is 3. The molecular weight excluding hydrogens is 321 g/mol. The number of hydrogen-bond donors (Lipinski definition) is 1. The summed E-state index contributed by atoms with van der Waals surface area (Å²) in [5.41, 5.74) is -2.72. The highest BCUT2D eigenvalue weighted by molar-refractivity contribution is 5.98. The third-order valence-corrected chi connectivity index (χ3v) is 4.00. The van der Waals surface area contributed by atoms with Crippen LogP contribution in [-0.4, -0.2) is 17.5 Å². The molecule has 0 saturated carbocycles. The van der Waals surface area contributed by atoms with Crippen molar-refractivity contribution in [1.29, 1.82) is 5.26 Å². The van der Waals surface area contributed by atoms with Crippen LogP contribution >= 0.6 is 0 Å². The van der Waals surface area contributed by atoms with Crippen LogP contribution in [0.2, 0.25) is 0 Å². The summed E-state index contributed by atoms with van der Waals surface area (Å²) in [5.74, 6) is -0.303. The predicted molar refractivity (Wildman–Crippen MR) is 81.3 cm³/mol. The molecule has 0 bridgehead atoms. The van der Waals surface area contributed by atoms with Gasteiger partial charge in [-0.1, -0.05) is 13.8 Å². The molecule has 2 rings (SSSR count). The molecule has 5 nitrogen and oxygen atoms in total. The molecule has 1 aromatic rings. The van der Waals surface area contributed by atoms with Gasteiger partial charge in [-0.3, -0.25) is 4.79 Å². The summed E-state index contributed by atoms with van der Waals surface area (Å²) >= 11 is 0. The molecule has 0 aromatic heterocycles. The molecule has 24 heavy (non-hydrogen) atoms. The second kappa shape index (κ2) is 6.23. The average molecular weight is 338 g/mol. The van der Waals surface area contributed by atoms with Crippen LogP contribution in [0.25, 0.3) is 0 Å². The van der Waals surface area contributed by atoms with Gasteiger partial charge in [-0.25, -0.2) is 0 Å². The zero-order valence-corrected chi connectivity index (χ0v) is 13.5. The zero-order chi connectivity index (χ0) is 18.1. The smallest absolute Gasteiger partial charge is 0.324 e. The first-order valence-electron chi connectivity index (χ1n) is 7.41. The van der Waals surface area contributed by atoms with Gasteiger partial charge in [0.15, 0.2) is 5.54 Å². The number of nitriles is 1. The minimum Gasteiger partial charge on any atom is -0.324 e. The maximum atomic E-state index is 13.0. The first-order valence-corrected chi connectivity index (χ1v) is 7.41. The number of carbonyl (C=O) groups is 1. The summed E-state index contributed by atoms with van der Waals surface area (Å²) in [6, 6.07) is 4.46. The fraction of sp³-hybridized carbons (Fsp3) is 0.500. The molecule has 1 aromatic carbocycles. The molecule has 0 aliphatic carbocycles. The highest BCUT2D eigenvalue weighted by atomic mass is 19.4. The number of carbonyl (C=O) groups excluding carboxylic acids is 1. The van der Waals surface area contributed by atoms with Gasteiger partial charge in [0.25, 0.3) is 5.91 Å². The fourth-order valence-corrected chi connectivity index (χ4v) is 2.42. The van der Waals surface area contributed by atoms with Crippen LogP contribution in [-0.2, 0) is 11.0 Å². The Balaban J connectivity index is 2.22. The number of rotatable bonds is 3.